The average molecular weight is 308 g/mol. The highest BCUT2D eigenvalue weighted by atomic mass is 35.5. The number of nitrogens with zero attached hydrogens (tertiary/aromatic N) is 3. The molecular weight excluding hydrogens is 282 g/mol. The van der Waals surface area contributed by atoms with Crippen LogP contribution in [0.4, 0.5) is 0 Å². The van der Waals surface area contributed by atoms with Gasteiger partial charge in [-0.15, -0.1) is 11.6 Å². The maximum atomic E-state index is 6.09. The van der Waals surface area contributed by atoms with E-state index in [0.29, 0.717) is 11.9 Å². The Bertz CT molecular complexity index is 560. The number of hydrogen-bond donors (Lipinski definition) is 0. The number of imidazole rings is 1. The summed E-state index contributed by atoms with van der Waals surface area (Å²) < 4.78 is 2.31. The standard InChI is InChI=1S/C17H26ClN3/c1-4-20(5-2)12-8-9-14(3)21-16-11-7-6-10-15(16)19-17(21)13-18/h6-7,10-11,14H,4-5,8-9,12-13H2,1-3H3. The molecule has 0 spiro atoms. The van der Waals surface area contributed by atoms with Crippen LogP contribution in [-0.2, 0) is 5.88 Å². The summed E-state index contributed by atoms with van der Waals surface area (Å²) in [6.07, 6.45) is 2.36. The fourth-order valence-corrected chi connectivity index (χ4v) is 3.15. The highest BCUT2D eigenvalue weighted by Crippen LogP contribution is 2.24. The van der Waals surface area contributed by atoms with Gasteiger partial charge in [-0.2, -0.15) is 0 Å². The lowest BCUT2D eigenvalue weighted by Gasteiger charge is -2.21. The minimum absolute atomic E-state index is 0.432. The van der Waals surface area contributed by atoms with Gasteiger partial charge in [0.1, 0.15) is 5.82 Å². The van der Waals surface area contributed by atoms with Crippen molar-refractivity contribution in [3.63, 3.8) is 0 Å². The van der Waals surface area contributed by atoms with E-state index in [1.807, 2.05) is 6.07 Å². The molecule has 0 aliphatic heterocycles. The van der Waals surface area contributed by atoms with E-state index in [9.17, 15) is 0 Å². The zero-order valence-corrected chi connectivity index (χ0v) is 14.1. The lowest BCUT2D eigenvalue weighted by Crippen LogP contribution is -2.24. The van der Waals surface area contributed by atoms with Gasteiger partial charge in [0.25, 0.3) is 0 Å². The molecule has 1 unspecified atom stereocenters. The number of hydrogen-bond acceptors (Lipinski definition) is 2. The van der Waals surface area contributed by atoms with Crippen LogP contribution in [0.2, 0.25) is 0 Å². The van der Waals surface area contributed by atoms with Crippen molar-refractivity contribution in [2.45, 2.75) is 45.5 Å². The van der Waals surface area contributed by atoms with Gasteiger partial charge in [0.2, 0.25) is 0 Å². The van der Waals surface area contributed by atoms with Crippen LogP contribution in [0, 0.1) is 0 Å². The fraction of sp³-hybridized carbons (Fsp3) is 0.588. The summed E-state index contributed by atoms with van der Waals surface area (Å²) in [7, 11) is 0. The first kappa shape index (κ1) is 16.3. The van der Waals surface area contributed by atoms with Crippen LogP contribution in [0.15, 0.2) is 24.3 Å². The van der Waals surface area contributed by atoms with Gasteiger partial charge in [-0.25, -0.2) is 4.98 Å². The third kappa shape index (κ3) is 3.78. The molecule has 1 heterocycles. The Labute approximate surface area is 132 Å². The summed E-state index contributed by atoms with van der Waals surface area (Å²) in [6.45, 7) is 10.1. The molecule has 0 saturated carbocycles. The van der Waals surface area contributed by atoms with Gasteiger partial charge < -0.3 is 9.47 Å². The molecule has 0 aliphatic carbocycles. The van der Waals surface area contributed by atoms with Crippen LogP contribution in [0.5, 0.6) is 0 Å². The van der Waals surface area contributed by atoms with Crippen molar-refractivity contribution < 1.29 is 0 Å². The molecule has 0 saturated heterocycles. The smallest absolute Gasteiger partial charge is 0.125 e. The molecule has 1 aromatic heterocycles. The normalized spacial score (nSPS) is 13.2. The summed E-state index contributed by atoms with van der Waals surface area (Å²) >= 11 is 6.09. The number of fused-ring (bicyclic) bond motifs is 1. The first-order valence-electron chi connectivity index (χ1n) is 7.95. The molecule has 1 aromatic carbocycles. The summed E-state index contributed by atoms with van der Waals surface area (Å²) in [5.41, 5.74) is 2.24. The van der Waals surface area contributed by atoms with Crippen LogP contribution < -0.4 is 0 Å². The Morgan fingerprint density at radius 2 is 1.95 bits per heavy atom. The van der Waals surface area contributed by atoms with Crippen LogP contribution in [-0.4, -0.2) is 34.1 Å². The van der Waals surface area contributed by atoms with E-state index in [1.54, 1.807) is 0 Å². The zero-order chi connectivity index (χ0) is 15.2. The van der Waals surface area contributed by atoms with Crippen molar-refractivity contribution in [2.24, 2.45) is 0 Å². The number of aromatic nitrogens is 2. The molecule has 3 nitrogen and oxygen atoms in total. The minimum Gasteiger partial charge on any atom is -0.324 e. The maximum absolute atomic E-state index is 6.09. The van der Waals surface area contributed by atoms with Crippen molar-refractivity contribution in [2.75, 3.05) is 19.6 Å². The van der Waals surface area contributed by atoms with Crippen molar-refractivity contribution >= 4 is 22.6 Å². The predicted molar refractivity (Wildman–Crippen MR) is 91.0 cm³/mol. The molecular formula is C17H26ClN3. The quantitative estimate of drug-likeness (QED) is 0.671. The largest absolute Gasteiger partial charge is 0.324 e. The number of alkyl halides is 1. The van der Waals surface area contributed by atoms with E-state index in [2.05, 4.69) is 53.4 Å². The van der Waals surface area contributed by atoms with Crippen LogP contribution in [0.25, 0.3) is 11.0 Å². The van der Waals surface area contributed by atoms with Gasteiger partial charge in [0.15, 0.2) is 0 Å². The number of benzene rings is 1. The van der Waals surface area contributed by atoms with Gasteiger partial charge in [0.05, 0.1) is 16.9 Å². The molecule has 2 rings (SSSR count). The second-order valence-electron chi connectivity index (χ2n) is 5.54. The second-order valence-corrected chi connectivity index (χ2v) is 5.81. The summed E-state index contributed by atoms with van der Waals surface area (Å²) in [4.78, 5) is 7.12. The SMILES string of the molecule is CCN(CC)CCCC(C)n1c(CCl)nc2ccccc21. The van der Waals surface area contributed by atoms with Gasteiger partial charge in [-0.1, -0.05) is 26.0 Å². The molecule has 0 aliphatic rings. The van der Waals surface area contributed by atoms with Crippen molar-refractivity contribution in [3.05, 3.63) is 30.1 Å². The summed E-state index contributed by atoms with van der Waals surface area (Å²) in [6, 6.07) is 8.73. The predicted octanol–water partition coefficient (Wildman–Crippen LogP) is 4.46. The second kappa shape index (κ2) is 7.81. The third-order valence-electron chi connectivity index (χ3n) is 4.22. The van der Waals surface area contributed by atoms with E-state index in [-0.39, 0.29) is 0 Å². The molecule has 0 N–H and O–H groups in total. The lowest BCUT2D eigenvalue weighted by molar-refractivity contribution is 0.288. The Hall–Kier alpha value is -1.06. The van der Waals surface area contributed by atoms with Crippen LogP contribution in [0.3, 0.4) is 0 Å². The average Bonchev–Trinajstić information content (AvgIpc) is 2.90. The lowest BCUT2D eigenvalue weighted by atomic mass is 10.1. The van der Waals surface area contributed by atoms with Gasteiger partial charge in [0, 0.05) is 6.04 Å². The Balaban J connectivity index is 2.09. The van der Waals surface area contributed by atoms with Gasteiger partial charge in [-0.3, -0.25) is 0 Å². The number of halogens is 1. The number of rotatable bonds is 8. The molecule has 0 amide bonds. The minimum atomic E-state index is 0.432. The Morgan fingerprint density at radius 3 is 2.62 bits per heavy atom. The van der Waals surface area contributed by atoms with E-state index >= 15 is 0 Å². The molecule has 4 heteroatoms. The topological polar surface area (TPSA) is 21.1 Å². The van der Waals surface area contributed by atoms with Crippen molar-refractivity contribution in [1.82, 2.24) is 14.5 Å². The third-order valence-corrected chi connectivity index (χ3v) is 4.46. The van der Waals surface area contributed by atoms with Crippen LogP contribution >= 0.6 is 11.6 Å². The molecule has 21 heavy (non-hydrogen) atoms. The molecule has 116 valence electrons. The zero-order valence-electron chi connectivity index (χ0n) is 13.3. The first-order valence-corrected chi connectivity index (χ1v) is 8.48. The maximum Gasteiger partial charge on any atom is 0.125 e. The molecule has 1 atom stereocenters. The van der Waals surface area contributed by atoms with Gasteiger partial charge in [-0.05, 0) is 51.5 Å². The highest BCUT2D eigenvalue weighted by Gasteiger charge is 2.15. The Morgan fingerprint density at radius 1 is 1.24 bits per heavy atom. The first-order chi connectivity index (χ1) is 10.2. The van der Waals surface area contributed by atoms with E-state index in [0.717, 1.165) is 30.9 Å². The fourth-order valence-electron chi connectivity index (χ4n) is 2.96. The number of para-hydroxylation sites is 2. The summed E-state index contributed by atoms with van der Waals surface area (Å²) in [5, 5.41) is 0. The molecule has 0 fully saturated rings. The monoisotopic (exact) mass is 307 g/mol. The van der Waals surface area contributed by atoms with E-state index in [1.165, 1.54) is 18.5 Å². The van der Waals surface area contributed by atoms with Gasteiger partial charge >= 0.3 is 0 Å². The van der Waals surface area contributed by atoms with E-state index < -0.39 is 0 Å². The summed E-state index contributed by atoms with van der Waals surface area (Å²) in [5.74, 6) is 1.45. The highest BCUT2D eigenvalue weighted by molar-refractivity contribution is 6.16. The van der Waals surface area contributed by atoms with Crippen molar-refractivity contribution in [3.8, 4) is 0 Å². The molecule has 2 aromatic rings. The molecule has 0 bridgehead atoms. The van der Waals surface area contributed by atoms with Crippen LogP contribution in [0.1, 0.15) is 45.5 Å². The van der Waals surface area contributed by atoms with Crippen molar-refractivity contribution in [1.29, 1.82) is 0 Å². The van der Waals surface area contributed by atoms with E-state index in [4.69, 9.17) is 11.6 Å². The molecule has 0 radical (unpaired) electrons. The Kier molecular flexibility index (Phi) is 6.07.